The molecule has 1 aromatic carbocycles. The fraction of sp³-hybridized carbons (Fsp3) is 0.385. The molecule has 8 nitrogen and oxygen atoms in total. The Balaban J connectivity index is 1.35. The van der Waals surface area contributed by atoms with Crippen molar-refractivity contribution in [3.63, 3.8) is 0 Å². The Kier molecular flexibility index (Phi) is 5.91. The first-order valence-electron chi connectivity index (χ1n) is 11.6. The van der Waals surface area contributed by atoms with Crippen molar-refractivity contribution in [1.82, 2.24) is 24.3 Å². The first-order valence-corrected chi connectivity index (χ1v) is 11.6. The summed E-state index contributed by atoms with van der Waals surface area (Å²) in [5.74, 6) is 0.266. The van der Waals surface area contributed by atoms with E-state index < -0.39 is 0 Å². The van der Waals surface area contributed by atoms with Gasteiger partial charge >= 0.3 is 0 Å². The van der Waals surface area contributed by atoms with Gasteiger partial charge in [-0.3, -0.25) is 4.79 Å². The molecule has 1 aliphatic rings. The van der Waals surface area contributed by atoms with Crippen LogP contribution in [0.25, 0.3) is 16.7 Å². The molecule has 1 aliphatic heterocycles. The van der Waals surface area contributed by atoms with Crippen molar-refractivity contribution in [3.05, 3.63) is 64.9 Å². The predicted octanol–water partition coefficient (Wildman–Crippen LogP) is 4.29. The van der Waals surface area contributed by atoms with Gasteiger partial charge in [-0.2, -0.15) is 5.10 Å². The van der Waals surface area contributed by atoms with E-state index in [2.05, 4.69) is 51.7 Å². The van der Waals surface area contributed by atoms with Crippen molar-refractivity contribution < 1.29 is 14.3 Å². The highest BCUT2D eigenvalue weighted by Gasteiger charge is 2.22. The third-order valence-electron chi connectivity index (χ3n) is 6.40. The van der Waals surface area contributed by atoms with Crippen LogP contribution in [-0.4, -0.2) is 49.4 Å². The lowest BCUT2D eigenvalue weighted by molar-refractivity contribution is 0.0912. The van der Waals surface area contributed by atoms with Gasteiger partial charge in [0.25, 0.3) is 0 Å². The number of aromatic nitrogens is 5. The van der Waals surface area contributed by atoms with E-state index in [1.807, 2.05) is 19.9 Å². The number of ether oxygens (including phenoxy) is 2. The van der Waals surface area contributed by atoms with Gasteiger partial charge in [-0.15, -0.1) is 0 Å². The van der Waals surface area contributed by atoms with E-state index in [0.717, 1.165) is 54.2 Å². The zero-order valence-electron chi connectivity index (χ0n) is 20.0. The molecule has 0 aliphatic carbocycles. The number of ketones is 1. The quantitative estimate of drug-likeness (QED) is 0.383. The lowest BCUT2D eigenvalue weighted by Gasteiger charge is -2.14. The molecule has 34 heavy (non-hydrogen) atoms. The summed E-state index contributed by atoms with van der Waals surface area (Å²) in [5.41, 5.74) is 6.52. The lowest BCUT2D eigenvalue weighted by Crippen LogP contribution is -2.18. The molecule has 0 unspecified atom stereocenters. The molecule has 4 heterocycles. The SMILES string of the molecule is Cc1cc(C)cc(-n2ncc3c(OCC(=O)c4cc(C)n(C[C@H]5CCCO5)c4C)ncnc32)c1. The molecule has 0 N–H and O–H groups in total. The number of benzene rings is 1. The van der Waals surface area contributed by atoms with Crippen LogP contribution in [0.4, 0.5) is 0 Å². The molecule has 3 aromatic heterocycles. The molecule has 0 bridgehead atoms. The number of fused-ring (bicyclic) bond motifs is 1. The largest absolute Gasteiger partial charge is 0.469 e. The van der Waals surface area contributed by atoms with Gasteiger partial charge in [-0.05, 0) is 69.9 Å². The van der Waals surface area contributed by atoms with Gasteiger partial charge in [0, 0.05) is 30.1 Å². The van der Waals surface area contributed by atoms with Crippen LogP contribution in [0.5, 0.6) is 5.88 Å². The van der Waals surface area contributed by atoms with Gasteiger partial charge in [-0.25, -0.2) is 14.6 Å². The smallest absolute Gasteiger partial charge is 0.228 e. The van der Waals surface area contributed by atoms with Crippen molar-refractivity contribution in [1.29, 1.82) is 0 Å². The first-order chi connectivity index (χ1) is 16.4. The minimum Gasteiger partial charge on any atom is -0.469 e. The van der Waals surface area contributed by atoms with E-state index in [4.69, 9.17) is 9.47 Å². The van der Waals surface area contributed by atoms with E-state index in [1.165, 1.54) is 6.33 Å². The number of carbonyl (C=O) groups is 1. The van der Waals surface area contributed by atoms with Gasteiger partial charge in [0.15, 0.2) is 12.3 Å². The molecule has 8 heteroatoms. The van der Waals surface area contributed by atoms with Crippen molar-refractivity contribution in [2.24, 2.45) is 0 Å². The van der Waals surface area contributed by atoms with Crippen LogP contribution in [-0.2, 0) is 11.3 Å². The molecule has 0 spiro atoms. The summed E-state index contributed by atoms with van der Waals surface area (Å²) in [6.45, 7) is 9.59. The second-order valence-electron chi connectivity index (χ2n) is 9.06. The zero-order valence-corrected chi connectivity index (χ0v) is 20.0. The molecule has 0 amide bonds. The number of aryl methyl sites for hydroxylation is 3. The highest BCUT2D eigenvalue weighted by Crippen LogP contribution is 2.25. The number of rotatable bonds is 7. The first kappa shape index (κ1) is 22.3. The summed E-state index contributed by atoms with van der Waals surface area (Å²) in [4.78, 5) is 21.7. The topological polar surface area (TPSA) is 84.1 Å². The molecule has 1 saturated heterocycles. The molecule has 4 aromatic rings. The number of hydrogen-bond donors (Lipinski definition) is 0. The van der Waals surface area contributed by atoms with Gasteiger partial charge in [0.05, 0.1) is 18.0 Å². The Hall–Kier alpha value is -3.52. The summed E-state index contributed by atoms with van der Waals surface area (Å²) < 4.78 is 15.6. The molecule has 0 radical (unpaired) electrons. The van der Waals surface area contributed by atoms with Crippen LogP contribution < -0.4 is 4.74 Å². The van der Waals surface area contributed by atoms with Crippen LogP contribution in [0.15, 0.2) is 36.8 Å². The molecule has 0 saturated carbocycles. The third-order valence-corrected chi connectivity index (χ3v) is 6.40. The lowest BCUT2D eigenvalue weighted by atomic mass is 10.1. The third kappa shape index (κ3) is 4.21. The molecular formula is C26H29N5O3. The van der Waals surface area contributed by atoms with E-state index in [1.54, 1.807) is 10.9 Å². The Morgan fingerprint density at radius 1 is 1.12 bits per heavy atom. The minimum absolute atomic E-state index is 0.0832. The standard InChI is InChI=1S/C26H29N5O3/c1-16-8-17(2)10-20(9-16)31-25-23(12-29-31)26(28-15-27-25)34-14-24(32)22-11-18(3)30(19(22)4)13-21-6-5-7-33-21/h8-12,15,21H,5-7,13-14H2,1-4H3/t21-/m1/s1. The summed E-state index contributed by atoms with van der Waals surface area (Å²) in [6, 6.07) is 8.15. The number of carbonyl (C=O) groups excluding carboxylic acids is 1. The van der Waals surface area contributed by atoms with Crippen LogP contribution in [0.3, 0.4) is 0 Å². The van der Waals surface area contributed by atoms with Crippen LogP contribution in [0, 0.1) is 27.7 Å². The predicted molar refractivity (Wildman–Crippen MR) is 129 cm³/mol. The van der Waals surface area contributed by atoms with E-state index >= 15 is 0 Å². The summed E-state index contributed by atoms with van der Waals surface area (Å²) >= 11 is 0. The Morgan fingerprint density at radius 3 is 2.65 bits per heavy atom. The number of hydrogen-bond acceptors (Lipinski definition) is 6. The number of nitrogens with zero attached hydrogens (tertiary/aromatic N) is 5. The molecule has 1 fully saturated rings. The maximum Gasteiger partial charge on any atom is 0.228 e. The Bertz CT molecular complexity index is 1340. The summed E-state index contributed by atoms with van der Waals surface area (Å²) in [5, 5.41) is 5.17. The average Bonchev–Trinajstić information content (AvgIpc) is 3.53. The van der Waals surface area contributed by atoms with Gasteiger partial charge in [0.2, 0.25) is 11.7 Å². The maximum atomic E-state index is 13.0. The van der Waals surface area contributed by atoms with Crippen LogP contribution in [0.1, 0.15) is 45.7 Å². The normalized spacial score (nSPS) is 15.8. The molecule has 176 valence electrons. The molecule has 5 rings (SSSR count). The zero-order chi connectivity index (χ0) is 23.8. The average molecular weight is 460 g/mol. The van der Waals surface area contributed by atoms with Crippen molar-refractivity contribution >= 4 is 16.8 Å². The van der Waals surface area contributed by atoms with Crippen molar-refractivity contribution in [3.8, 4) is 11.6 Å². The Labute approximate surface area is 198 Å². The van der Waals surface area contributed by atoms with Crippen LogP contribution in [0.2, 0.25) is 0 Å². The van der Waals surface area contributed by atoms with Crippen molar-refractivity contribution in [2.45, 2.75) is 53.2 Å². The molecule has 1 atom stereocenters. The van der Waals surface area contributed by atoms with Crippen molar-refractivity contribution in [2.75, 3.05) is 13.2 Å². The van der Waals surface area contributed by atoms with E-state index in [9.17, 15) is 4.79 Å². The fourth-order valence-corrected chi connectivity index (χ4v) is 4.77. The van der Waals surface area contributed by atoms with Crippen LogP contribution >= 0.6 is 0 Å². The monoisotopic (exact) mass is 459 g/mol. The second-order valence-corrected chi connectivity index (χ2v) is 9.06. The highest BCUT2D eigenvalue weighted by molar-refractivity contribution is 5.98. The van der Waals surface area contributed by atoms with E-state index in [0.29, 0.717) is 22.5 Å². The van der Waals surface area contributed by atoms with E-state index in [-0.39, 0.29) is 18.5 Å². The molecular weight excluding hydrogens is 430 g/mol. The summed E-state index contributed by atoms with van der Waals surface area (Å²) in [6.07, 6.45) is 5.49. The summed E-state index contributed by atoms with van der Waals surface area (Å²) in [7, 11) is 0. The number of Topliss-reactive ketones (excluding diaryl/α,β-unsaturated/α-hetero) is 1. The maximum absolute atomic E-state index is 13.0. The fourth-order valence-electron chi connectivity index (χ4n) is 4.77. The Morgan fingerprint density at radius 2 is 1.91 bits per heavy atom. The second kappa shape index (κ2) is 9.02. The minimum atomic E-state index is -0.106. The van der Waals surface area contributed by atoms with Gasteiger partial charge in [-0.1, -0.05) is 6.07 Å². The van der Waals surface area contributed by atoms with Gasteiger partial charge in [0.1, 0.15) is 11.7 Å². The highest BCUT2D eigenvalue weighted by atomic mass is 16.5. The van der Waals surface area contributed by atoms with Gasteiger partial charge < -0.3 is 14.0 Å².